The number of hydrogen-bond donors (Lipinski definition) is 1. The molecule has 1 aromatic rings. The summed E-state index contributed by atoms with van der Waals surface area (Å²) in [6, 6.07) is 1.86. The fourth-order valence-electron chi connectivity index (χ4n) is 3.80. The van der Waals surface area contributed by atoms with Crippen LogP contribution in [0.3, 0.4) is 0 Å². The SMILES string of the molecule is CCNC(=NCCCN1CCCN(C)CC1)N1CCN(c2ncccn2)CC1.I. The van der Waals surface area contributed by atoms with Crippen LogP contribution in [-0.2, 0) is 0 Å². The number of halogens is 1. The molecule has 2 saturated heterocycles. The van der Waals surface area contributed by atoms with Crippen LogP contribution in [-0.4, -0.2) is 110 Å². The van der Waals surface area contributed by atoms with E-state index in [0.717, 1.165) is 64.1 Å². The summed E-state index contributed by atoms with van der Waals surface area (Å²) in [5, 5.41) is 3.47. The van der Waals surface area contributed by atoms with Crippen molar-refractivity contribution in [1.82, 2.24) is 30.0 Å². The molecule has 164 valence electrons. The Kier molecular flexibility index (Phi) is 10.9. The van der Waals surface area contributed by atoms with Crippen molar-refractivity contribution in [2.45, 2.75) is 19.8 Å². The molecule has 1 aromatic heterocycles. The van der Waals surface area contributed by atoms with Crippen molar-refractivity contribution in [3.05, 3.63) is 18.5 Å². The van der Waals surface area contributed by atoms with Crippen LogP contribution in [0.25, 0.3) is 0 Å². The quantitative estimate of drug-likeness (QED) is 0.264. The summed E-state index contributed by atoms with van der Waals surface area (Å²) in [7, 11) is 2.22. The molecule has 2 aliphatic heterocycles. The van der Waals surface area contributed by atoms with E-state index in [9.17, 15) is 0 Å². The van der Waals surface area contributed by atoms with E-state index in [1.165, 1.54) is 32.6 Å². The molecule has 8 nitrogen and oxygen atoms in total. The fourth-order valence-corrected chi connectivity index (χ4v) is 3.80. The maximum Gasteiger partial charge on any atom is 0.225 e. The second kappa shape index (κ2) is 13.2. The summed E-state index contributed by atoms with van der Waals surface area (Å²) in [6.45, 7) is 13.6. The molecule has 0 bridgehead atoms. The predicted octanol–water partition coefficient (Wildman–Crippen LogP) is 1.21. The molecule has 3 rings (SSSR count). The largest absolute Gasteiger partial charge is 0.357 e. The Hall–Kier alpha value is -1.20. The van der Waals surface area contributed by atoms with Gasteiger partial charge in [-0.1, -0.05) is 0 Å². The molecule has 0 unspecified atom stereocenters. The first-order chi connectivity index (χ1) is 13.8. The third-order valence-electron chi connectivity index (χ3n) is 5.46. The van der Waals surface area contributed by atoms with Crippen molar-refractivity contribution in [1.29, 1.82) is 0 Å². The van der Waals surface area contributed by atoms with Gasteiger partial charge in [0.15, 0.2) is 5.96 Å². The molecule has 29 heavy (non-hydrogen) atoms. The first kappa shape index (κ1) is 24.1. The minimum absolute atomic E-state index is 0. The highest BCUT2D eigenvalue weighted by Crippen LogP contribution is 2.10. The maximum atomic E-state index is 4.90. The molecule has 9 heteroatoms. The lowest BCUT2D eigenvalue weighted by atomic mass is 10.3. The normalized spacial score (nSPS) is 19.6. The summed E-state index contributed by atoms with van der Waals surface area (Å²) in [4.78, 5) is 23.3. The molecular weight excluding hydrogens is 479 g/mol. The van der Waals surface area contributed by atoms with Crippen molar-refractivity contribution in [3.63, 3.8) is 0 Å². The van der Waals surface area contributed by atoms with E-state index in [1.54, 1.807) is 0 Å². The van der Waals surface area contributed by atoms with Crippen LogP contribution >= 0.6 is 24.0 Å². The van der Waals surface area contributed by atoms with Crippen LogP contribution in [0, 0.1) is 0 Å². The van der Waals surface area contributed by atoms with Crippen molar-refractivity contribution < 1.29 is 0 Å². The highest BCUT2D eigenvalue weighted by molar-refractivity contribution is 14.0. The van der Waals surface area contributed by atoms with E-state index in [-0.39, 0.29) is 24.0 Å². The molecule has 0 spiro atoms. The number of nitrogens with one attached hydrogen (secondary N) is 1. The highest BCUT2D eigenvalue weighted by Gasteiger charge is 2.21. The average Bonchev–Trinajstić information content (AvgIpc) is 2.95. The number of aliphatic imine (C=N–C) groups is 1. The van der Waals surface area contributed by atoms with Gasteiger partial charge in [-0.2, -0.15) is 0 Å². The van der Waals surface area contributed by atoms with Gasteiger partial charge in [-0.3, -0.25) is 4.99 Å². The third-order valence-corrected chi connectivity index (χ3v) is 5.46. The maximum absolute atomic E-state index is 4.90. The van der Waals surface area contributed by atoms with Gasteiger partial charge in [0.05, 0.1) is 0 Å². The molecule has 0 amide bonds. The van der Waals surface area contributed by atoms with Crippen molar-refractivity contribution >= 4 is 35.9 Å². The summed E-state index contributed by atoms with van der Waals surface area (Å²) in [5.74, 6) is 1.87. The second-order valence-electron chi connectivity index (χ2n) is 7.61. The molecule has 3 heterocycles. The molecule has 2 fully saturated rings. The van der Waals surface area contributed by atoms with E-state index < -0.39 is 0 Å². The molecule has 0 aliphatic carbocycles. The van der Waals surface area contributed by atoms with Gasteiger partial charge in [-0.25, -0.2) is 9.97 Å². The minimum Gasteiger partial charge on any atom is -0.357 e. The first-order valence-electron chi connectivity index (χ1n) is 10.7. The number of piperazine rings is 1. The van der Waals surface area contributed by atoms with Crippen LogP contribution in [0.4, 0.5) is 5.95 Å². The number of nitrogens with zero attached hydrogens (tertiary/aromatic N) is 7. The number of likely N-dealkylation sites (N-methyl/N-ethyl adjacent to an activating group) is 1. The number of hydrogen-bond acceptors (Lipinski definition) is 6. The number of anilines is 1. The predicted molar refractivity (Wildman–Crippen MR) is 130 cm³/mol. The summed E-state index contributed by atoms with van der Waals surface area (Å²) < 4.78 is 0. The van der Waals surface area contributed by atoms with E-state index in [2.05, 4.69) is 48.9 Å². The minimum atomic E-state index is 0. The molecule has 0 aromatic carbocycles. The van der Waals surface area contributed by atoms with E-state index in [4.69, 9.17) is 4.99 Å². The van der Waals surface area contributed by atoms with Gasteiger partial charge in [0.2, 0.25) is 5.95 Å². The molecular formula is C20H37IN8. The Morgan fingerprint density at radius 1 is 1.03 bits per heavy atom. The van der Waals surface area contributed by atoms with Gasteiger partial charge in [0.1, 0.15) is 0 Å². The summed E-state index contributed by atoms with van der Waals surface area (Å²) >= 11 is 0. The van der Waals surface area contributed by atoms with Gasteiger partial charge < -0.3 is 24.9 Å². The standard InChI is InChI=1S/C20H36N8.HI/c1-3-21-19(24-9-5-11-26-12-6-10-25(2)13-14-26)27-15-17-28(18-16-27)20-22-7-4-8-23-20;/h4,7-8H,3,5-6,9-18H2,1-2H3,(H,21,24);1H. The second-order valence-corrected chi connectivity index (χ2v) is 7.61. The summed E-state index contributed by atoms with van der Waals surface area (Å²) in [6.07, 6.45) is 6.01. The summed E-state index contributed by atoms with van der Waals surface area (Å²) in [5.41, 5.74) is 0. The van der Waals surface area contributed by atoms with Gasteiger partial charge >= 0.3 is 0 Å². The topological polar surface area (TPSA) is 63.1 Å². The molecule has 2 aliphatic rings. The lowest BCUT2D eigenvalue weighted by Gasteiger charge is -2.36. The van der Waals surface area contributed by atoms with Crippen molar-refractivity contribution in [3.8, 4) is 0 Å². The van der Waals surface area contributed by atoms with Crippen LogP contribution in [0.2, 0.25) is 0 Å². The highest BCUT2D eigenvalue weighted by atomic mass is 127. The Morgan fingerprint density at radius 2 is 1.79 bits per heavy atom. The zero-order chi connectivity index (χ0) is 19.6. The number of rotatable bonds is 6. The first-order valence-corrected chi connectivity index (χ1v) is 10.7. The molecule has 1 N–H and O–H groups in total. The Labute approximate surface area is 192 Å². The molecule has 0 saturated carbocycles. The lowest BCUT2D eigenvalue weighted by molar-refractivity contribution is 0.274. The van der Waals surface area contributed by atoms with Crippen molar-refractivity contribution in [2.24, 2.45) is 4.99 Å². The van der Waals surface area contributed by atoms with Crippen LogP contribution in [0.15, 0.2) is 23.5 Å². The van der Waals surface area contributed by atoms with E-state index in [1.807, 2.05) is 18.5 Å². The third kappa shape index (κ3) is 7.86. The Balaban J connectivity index is 0.00000300. The van der Waals surface area contributed by atoms with E-state index in [0.29, 0.717) is 0 Å². The van der Waals surface area contributed by atoms with Gasteiger partial charge in [-0.15, -0.1) is 24.0 Å². The van der Waals surface area contributed by atoms with Gasteiger partial charge in [-0.05, 0) is 52.5 Å². The van der Waals surface area contributed by atoms with Crippen LogP contribution in [0.5, 0.6) is 0 Å². The Bertz CT molecular complexity index is 591. The fraction of sp³-hybridized carbons (Fsp3) is 0.750. The molecule has 0 atom stereocenters. The van der Waals surface area contributed by atoms with Gasteiger partial charge in [0.25, 0.3) is 0 Å². The zero-order valence-corrected chi connectivity index (χ0v) is 20.3. The smallest absolute Gasteiger partial charge is 0.225 e. The van der Waals surface area contributed by atoms with Crippen LogP contribution < -0.4 is 10.2 Å². The van der Waals surface area contributed by atoms with Crippen molar-refractivity contribution in [2.75, 3.05) is 83.9 Å². The molecule has 0 radical (unpaired) electrons. The lowest BCUT2D eigenvalue weighted by Crippen LogP contribution is -2.53. The Morgan fingerprint density at radius 3 is 2.52 bits per heavy atom. The zero-order valence-electron chi connectivity index (χ0n) is 18.0. The van der Waals surface area contributed by atoms with E-state index >= 15 is 0 Å². The number of guanidine groups is 1. The average molecular weight is 516 g/mol. The van der Waals surface area contributed by atoms with Crippen LogP contribution in [0.1, 0.15) is 19.8 Å². The van der Waals surface area contributed by atoms with Gasteiger partial charge in [0, 0.05) is 64.8 Å². The number of aromatic nitrogens is 2. The monoisotopic (exact) mass is 516 g/mol.